The van der Waals surface area contributed by atoms with Gasteiger partial charge in [0.2, 0.25) is 0 Å². The highest BCUT2D eigenvalue weighted by atomic mass is 127. The van der Waals surface area contributed by atoms with Gasteiger partial charge in [0.05, 0.1) is 16.8 Å². The van der Waals surface area contributed by atoms with E-state index in [9.17, 15) is 8.42 Å². The van der Waals surface area contributed by atoms with Crippen molar-refractivity contribution in [1.82, 2.24) is 0 Å². The molecule has 0 fully saturated rings. The van der Waals surface area contributed by atoms with Crippen LogP contribution in [0, 0.1) is 0 Å². The molecular weight excluding hydrogens is 379 g/mol. The number of hydrogen-bond acceptors (Lipinski definition) is 4. The molecule has 106 valence electrons. The predicted molar refractivity (Wildman–Crippen MR) is 83.3 cm³/mol. The zero-order valence-corrected chi connectivity index (χ0v) is 13.6. The molecule has 0 aliphatic rings. The second-order valence-electron chi connectivity index (χ2n) is 3.79. The number of methoxy groups -OCH3 is 1. The molecule has 1 aromatic carbocycles. The summed E-state index contributed by atoms with van der Waals surface area (Å²) in [4.78, 5) is 0.337. The maximum atomic E-state index is 12.0. The third-order valence-corrected chi connectivity index (χ3v) is 4.81. The number of sulfone groups is 1. The molecule has 0 unspecified atom stereocenters. The molecule has 0 aromatic heterocycles. The predicted octanol–water partition coefficient (Wildman–Crippen LogP) is 2.44. The molecule has 0 aliphatic carbocycles. The van der Waals surface area contributed by atoms with E-state index in [1.807, 2.05) is 0 Å². The first-order chi connectivity index (χ1) is 9.10. The molecule has 0 bridgehead atoms. The summed E-state index contributed by atoms with van der Waals surface area (Å²) in [6.07, 6.45) is 3.25. The number of alkyl halides is 1. The number of hydrogen-bond donors (Lipinski definition) is 0. The van der Waals surface area contributed by atoms with Gasteiger partial charge >= 0.3 is 0 Å². The fraction of sp³-hybridized carbons (Fsp3) is 0.385. The molecule has 6 heteroatoms. The molecule has 1 aromatic rings. The van der Waals surface area contributed by atoms with E-state index in [1.54, 1.807) is 49.6 Å². The standard InChI is InChI=1S/C13H17IO4S/c1-17-11-18-12(10-14)6-5-9-19(15,16)13-7-3-2-4-8-13/h2-8,12H,9-11H2,1H3/b6-5+/t12-/m0/s1. The normalized spacial score (nSPS) is 13.8. The van der Waals surface area contributed by atoms with Gasteiger partial charge in [0, 0.05) is 11.5 Å². The van der Waals surface area contributed by atoms with Crippen molar-refractivity contribution in [1.29, 1.82) is 0 Å². The molecule has 0 radical (unpaired) electrons. The van der Waals surface area contributed by atoms with Crippen molar-refractivity contribution in [2.45, 2.75) is 11.0 Å². The largest absolute Gasteiger partial charge is 0.359 e. The average molecular weight is 396 g/mol. The zero-order valence-electron chi connectivity index (χ0n) is 10.7. The molecule has 0 aliphatic heterocycles. The highest BCUT2D eigenvalue weighted by Gasteiger charge is 2.11. The molecule has 0 saturated heterocycles. The number of halogens is 1. The molecule has 0 heterocycles. The van der Waals surface area contributed by atoms with Gasteiger partial charge in [0.15, 0.2) is 9.84 Å². The number of ether oxygens (including phenoxy) is 2. The summed E-state index contributed by atoms with van der Waals surface area (Å²) in [5.74, 6) is -0.0273. The molecule has 0 spiro atoms. The molecule has 0 saturated carbocycles. The quantitative estimate of drug-likeness (QED) is 0.293. The van der Waals surface area contributed by atoms with Crippen molar-refractivity contribution in [3.8, 4) is 0 Å². The Morgan fingerprint density at radius 1 is 1.32 bits per heavy atom. The summed E-state index contributed by atoms with van der Waals surface area (Å²) >= 11 is 2.18. The molecule has 1 rings (SSSR count). The SMILES string of the molecule is COCO[C@@H](/C=C/CS(=O)(=O)c1ccccc1)CI. The van der Waals surface area contributed by atoms with Gasteiger partial charge in [-0.2, -0.15) is 0 Å². The van der Waals surface area contributed by atoms with Gasteiger partial charge in [0.1, 0.15) is 6.79 Å². The van der Waals surface area contributed by atoms with E-state index >= 15 is 0 Å². The molecule has 0 amide bonds. The van der Waals surface area contributed by atoms with Crippen molar-refractivity contribution in [3.05, 3.63) is 42.5 Å². The lowest BCUT2D eigenvalue weighted by Gasteiger charge is -2.09. The maximum absolute atomic E-state index is 12.0. The first kappa shape index (κ1) is 16.6. The van der Waals surface area contributed by atoms with Crippen molar-refractivity contribution in [3.63, 3.8) is 0 Å². The smallest absolute Gasteiger partial charge is 0.181 e. The van der Waals surface area contributed by atoms with Gasteiger partial charge in [-0.15, -0.1) is 0 Å². The average Bonchev–Trinajstić information content (AvgIpc) is 2.43. The van der Waals surface area contributed by atoms with Crippen LogP contribution in [0.2, 0.25) is 0 Å². The maximum Gasteiger partial charge on any atom is 0.181 e. The lowest BCUT2D eigenvalue weighted by molar-refractivity contribution is -0.0472. The van der Waals surface area contributed by atoms with Crippen LogP contribution in [-0.2, 0) is 19.3 Å². The van der Waals surface area contributed by atoms with Crippen LogP contribution in [0.5, 0.6) is 0 Å². The lowest BCUT2D eigenvalue weighted by Crippen LogP contribution is -2.14. The minimum Gasteiger partial charge on any atom is -0.359 e. The van der Waals surface area contributed by atoms with Crippen LogP contribution in [0.15, 0.2) is 47.4 Å². The van der Waals surface area contributed by atoms with Crippen molar-refractivity contribution >= 4 is 32.4 Å². The van der Waals surface area contributed by atoms with Crippen LogP contribution < -0.4 is 0 Å². The van der Waals surface area contributed by atoms with Crippen molar-refractivity contribution in [2.24, 2.45) is 0 Å². The Balaban J connectivity index is 2.60. The molecular formula is C13H17IO4S. The van der Waals surface area contributed by atoms with E-state index in [4.69, 9.17) is 9.47 Å². The summed E-state index contributed by atoms with van der Waals surface area (Å²) in [5, 5.41) is 0. The molecule has 1 atom stereocenters. The third-order valence-electron chi connectivity index (χ3n) is 2.32. The second kappa shape index (κ2) is 8.68. The summed E-state index contributed by atoms with van der Waals surface area (Å²) < 4.78 is 34.9. The van der Waals surface area contributed by atoms with E-state index in [0.29, 0.717) is 4.90 Å². The Kier molecular flexibility index (Phi) is 7.59. The second-order valence-corrected chi connectivity index (χ2v) is 6.70. The fourth-order valence-electron chi connectivity index (χ4n) is 1.37. The van der Waals surface area contributed by atoms with E-state index in [0.717, 1.165) is 4.43 Å². The van der Waals surface area contributed by atoms with Gasteiger partial charge in [-0.05, 0) is 12.1 Å². The van der Waals surface area contributed by atoms with Gasteiger partial charge in [-0.25, -0.2) is 8.42 Å². The summed E-state index contributed by atoms with van der Waals surface area (Å²) in [6.45, 7) is 0.198. The highest BCUT2D eigenvalue weighted by molar-refractivity contribution is 14.1. The first-order valence-corrected chi connectivity index (χ1v) is 8.89. The van der Waals surface area contributed by atoms with Crippen LogP contribution in [0.3, 0.4) is 0 Å². The van der Waals surface area contributed by atoms with Gasteiger partial charge < -0.3 is 9.47 Å². The highest BCUT2D eigenvalue weighted by Crippen LogP contribution is 2.10. The Labute approximate surface area is 127 Å². The fourth-order valence-corrected chi connectivity index (χ4v) is 3.04. The number of benzene rings is 1. The van der Waals surface area contributed by atoms with Crippen LogP contribution in [0.4, 0.5) is 0 Å². The Morgan fingerprint density at radius 2 is 2.00 bits per heavy atom. The monoisotopic (exact) mass is 396 g/mol. The van der Waals surface area contributed by atoms with Crippen molar-refractivity contribution < 1.29 is 17.9 Å². The molecule has 4 nitrogen and oxygen atoms in total. The summed E-state index contributed by atoms with van der Waals surface area (Å²) in [7, 11) is -1.71. The molecule has 19 heavy (non-hydrogen) atoms. The van der Waals surface area contributed by atoms with E-state index < -0.39 is 9.84 Å². The van der Waals surface area contributed by atoms with E-state index in [-0.39, 0.29) is 18.6 Å². The zero-order chi connectivity index (χ0) is 14.1. The Hall–Kier alpha value is -0.440. The Morgan fingerprint density at radius 3 is 2.58 bits per heavy atom. The number of rotatable bonds is 8. The topological polar surface area (TPSA) is 52.6 Å². The van der Waals surface area contributed by atoms with Crippen LogP contribution >= 0.6 is 22.6 Å². The minimum absolute atomic E-state index is 0.0273. The molecule has 0 N–H and O–H groups in total. The van der Waals surface area contributed by atoms with Gasteiger partial charge in [-0.1, -0.05) is 52.9 Å². The van der Waals surface area contributed by atoms with Crippen LogP contribution in [0.1, 0.15) is 0 Å². The van der Waals surface area contributed by atoms with Crippen LogP contribution in [-0.4, -0.2) is 38.6 Å². The van der Waals surface area contributed by atoms with Crippen LogP contribution in [0.25, 0.3) is 0 Å². The summed E-state index contributed by atoms with van der Waals surface area (Å²) in [6, 6.07) is 8.41. The lowest BCUT2D eigenvalue weighted by atomic mass is 10.4. The van der Waals surface area contributed by atoms with Gasteiger partial charge in [0.25, 0.3) is 0 Å². The van der Waals surface area contributed by atoms with E-state index in [2.05, 4.69) is 22.6 Å². The van der Waals surface area contributed by atoms with E-state index in [1.165, 1.54) is 0 Å². The van der Waals surface area contributed by atoms with Crippen molar-refractivity contribution in [2.75, 3.05) is 24.1 Å². The first-order valence-electron chi connectivity index (χ1n) is 5.71. The summed E-state index contributed by atoms with van der Waals surface area (Å²) in [5.41, 5.74) is 0. The van der Waals surface area contributed by atoms with Gasteiger partial charge in [-0.3, -0.25) is 0 Å². The Bertz CT molecular complexity index is 485. The minimum atomic E-state index is -3.26. The third kappa shape index (κ3) is 6.03.